The van der Waals surface area contributed by atoms with E-state index in [1.165, 1.54) is 0 Å². The molecule has 1 unspecified atom stereocenters. The van der Waals surface area contributed by atoms with Gasteiger partial charge in [0.25, 0.3) is 5.79 Å². The van der Waals surface area contributed by atoms with Crippen LogP contribution in [0.4, 0.5) is 0 Å². The monoisotopic (exact) mass is 591 g/mol. The number of hydrogen-bond donors (Lipinski definition) is 13. The van der Waals surface area contributed by atoms with Gasteiger partial charge in [0, 0.05) is 6.42 Å². The maximum absolute atomic E-state index is 12.2. The van der Waals surface area contributed by atoms with Crippen LogP contribution in [0.15, 0.2) is 0 Å². The largest absolute Gasteiger partial charge is 0.477 e. The van der Waals surface area contributed by atoms with Gasteiger partial charge in [0.2, 0.25) is 0 Å². The summed E-state index contributed by atoms with van der Waals surface area (Å²) < 4.78 is 26.6. The Bertz CT molecular complexity index is 839. The third-order valence-electron chi connectivity index (χ3n) is 7.11. The van der Waals surface area contributed by atoms with Crippen LogP contribution in [-0.2, 0) is 28.5 Å². The molecule has 234 valence electrons. The van der Waals surface area contributed by atoms with Crippen molar-refractivity contribution < 1.29 is 89.8 Å². The number of nitrogens with two attached hydrogens (primary N) is 1. The van der Waals surface area contributed by atoms with E-state index < -0.39 is 130 Å². The Balaban J connectivity index is 1.81. The molecule has 3 aliphatic rings. The molecule has 3 fully saturated rings. The Kier molecular flexibility index (Phi) is 11.2. The highest BCUT2D eigenvalue weighted by molar-refractivity contribution is 5.76. The van der Waals surface area contributed by atoms with E-state index in [0.717, 1.165) is 0 Å². The highest BCUT2D eigenvalue weighted by Crippen LogP contribution is 2.37. The van der Waals surface area contributed by atoms with Gasteiger partial charge in [0.05, 0.1) is 32.0 Å². The van der Waals surface area contributed by atoms with Crippen molar-refractivity contribution in [2.45, 2.75) is 104 Å². The van der Waals surface area contributed by atoms with Crippen LogP contribution in [0, 0.1) is 0 Å². The van der Waals surface area contributed by atoms with Crippen LogP contribution < -0.4 is 5.73 Å². The summed E-state index contributed by atoms with van der Waals surface area (Å²) in [6.45, 7) is -2.82. The van der Waals surface area contributed by atoms with Crippen LogP contribution in [0.1, 0.15) is 6.42 Å². The number of aliphatic hydroxyl groups is 11. The predicted octanol–water partition coefficient (Wildman–Crippen LogP) is -8.40. The smallest absolute Gasteiger partial charge is 0.364 e. The number of carboxylic acids is 1. The zero-order valence-electron chi connectivity index (χ0n) is 20.9. The van der Waals surface area contributed by atoms with E-state index in [9.17, 15) is 66.1 Å². The molecule has 3 saturated heterocycles. The van der Waals surface area contributed by atoms with Gasteiger partial charge < -0.3 is 90.7 Å². The first kappa shape index (κ1) is 33.3. The van der Waals surface area contributed by atoms with Gasteiger partial charge in [-0.15, -0.1) is 0 Å². The maximum atomic E-state index is 12.2. The summed E-state index contributed by atoms with van der Waals surface area (Å²) in [4.78, 5) is 12.2. The van der Waals surface area contributed by atoms with Gasteiger partial charge >= 0.3 is 5.97 Å². The van der Waals surface area contributed by atoms with Gasteiger partial charge in [-0.3, -0.25) is 0 Å². The number of carbonyl (C=O) groups is 1. The zero-order valence-corrected chi connectivity index (χ0v) is 20.9. The molecular formula is C21H37NO18. The molecule has 0 spiro atoms. The number of ether oxygens (including phenoxy) is 5. The summed E-state index contributed by atoms with van der Waals surface area (Å²) in [5.74, 6) is -4.63. The Morgan fingerprint density at radius 3 is 2.05 bits per heavy atom. The summed E-state index contributed by atoms with van der Waals surface area (Å²) in [5.41, 5.74) is 5.50. The molecule has 3 aliphatic heterocycles. The lowest BCUT2D eigenvalue weighted by Gasteiger charge is -2.48. The van der Waals surface area contributed by atoms with Crippen molar-refractivity contribution >= 4 is 5.97 Å². The lowest BCUT2D eigenvalue weighted by atomic mass is 9.91. The minimum Gasteiger partial charge on any atom is -0.477 e. The maximum Gasteiger partial charge on any atom is 0.364 e. The van der Waals surface area contributed by atoms with Crippen LogP contribution in [0.25, 0.3) is 0 Å². The van der Waals surface area contributed by atoms with Gasteiger partial charge in [-0.1, -0.05) is 0 Å². The minimum absolute atomic E-state index is 0.844. The molecule has 19 heteroatoms. The van der Waals surface area contributed by atoms with Crippen LogP contribution in [0.3, 0.4) is 0 Å². The third kappa shape index (κ3) is 6.55. The van der Waals surface area contributed by atoms with Gasteiger partial charge in [-0.2, -0.15) is 0 Å². The first-order valence-electron chi connectivity index (χ1n) is 12.3. The molecule has 0 saturated carbocycles. The van der Waals surface area contributed by atoms with Crippen LogP contribution in [-0.4, -0.2) is 185 Å². The van der Waals surface area contributed by atoms with E-state index in [0.29, 0.717) is 0 Å². The molecule has 0 amide bonds. The van der Waals surface area contributed by atoms with E-state index in [1.807, 2.05) is 0 Å². The fourth-order valence-electron chi connectivity index (χ4n) is 4.69. The van der Waals surface area contributed by atoms with E-state index in [2.05, 4.69) is 0 Å². The molecule has 14 N–H and O–H groups in total. The van der Waals surface area contributed by atoms with Gasteiger partial charge in [-0.25, -0.2) is 4.79 Å². The molecule has 0 radical (unpaired) electrons. The molecule has 0 aromatic carbocycles. The van der Waals surface area contributed by atoms with E-state index in [1.54, 1.807) is 0 Å². The SMILES string of the molecule is N[C@H]1C(O)O[C@H](CO[C@]2(C(=O)O)C[C@@H](O)[C@@H](O[C@H]3O[C@H]([C@@H](O)CO)[C@@H](O)[C@H](O)[C@@H]3O)[C@@H]([C@H](O)CO)O2)[C@@H](O)[C@@H]1O. The average molecular weight is 592 g/mol. The normalized spacial score (nSPS) is 48.0. The molecule has 0 aromatic rings. The van der Waals surface area contributed by atoms with Crippen LogP contribution in [0.5, 0.6) is 0 Å². The molecule has 3 heterocycles. The third-order valence-corrected chi connectivity index (χ3v) is 7.11. The summed E-state index contributed by atoms with van der Waals surface area (Å²) in [7, 11) is 0. The summed E-state index contributed by atoms with van der Waals surface area (Å²) in [5, 5.41) is 120. The molecule has 40 heavy (non-hydrogen) atoms. The highest BCUT2D eigenvalue weighted by atomic mass is 16.8. The summed E-state index contributed by atoms with van der Waals surface area (Å²) in [6.07, 6.45) is -26.4. The summed E-state index contributed by atoms with van der Waals surface area (Å²) in [6, 6.07) is -1.38. The van der Waals surface area contributed by atoms with Crippen LogP contribution in [0.2, 0.25) is 0 Å². The van der Waals surface area contributed by atoms with E-state index >= 15 is 0 Å². The highest BCUT2D eigenvalue weighted by Gasteiger charge is 2.58. The number of hydrogen-bond acceptors (Lipinski definition) is 18. The van der Waals surface area contributed by atoms with E-state index in [-0.39, 0.29) is 0 Å². The molecule has 16 atom stereocenters. The number of aliphatic hydroxyl groups excluding tert-OH is 11. The second kappa shape index (κ2) is 13.4. The van der Waals surface area contributed by atoms with Crippen molar-refractivity contribution in [3.8, 4) is 0 Å². The van der Waals surface area contributed by atoms with Gasteiger partial charge in [0.1, 0.15) is 67.1 Å². The Morgan fingerprint density at radius 2 is 1.48 bits per heavy atom. The quantitative estimate of drug-likeness (QED) is 0.112. The predicted molar refractivity (Wildman–Crippen MR) is 120 cm³/mol. The Morgan fingerprint density at radius 1 is 0.875 bits per heavy atom. The fraction of sp³-hybridized carbons (Fsp3) is 0.952. The number of carboxylic acid groups (broad SMARTS) is 1. The molecule has 19 nitrogen and oxygen atoms in total. The first-order valence-corrected chi connectivity index (χ1v) is 12.3. The number of aliphatic carboxylic acids is 1. The average Bonchev–Trinajstić information content (AvgIpc) is 2.93. The minimum atomic E-state index is -2.78. The van der Waals surface area contributed by atoms with Gasteiger partial charge in [-0.05, 0) is 0 Å². The molecule has 0 aromatic heterocycles. The molecule has 3 rings (SSSR count). The van der Waals surface area contributed by atoms with Crippen molar-refractivity contribution in [3.05, 3.63) is 0 Å². The molecule has 0 bridgehead atoms. The van der Waals surface area contributed by atoms with Gasteiger partial charge in [0.15, 0.2) is 12.6 Å². The van der Waals surface area contributed by atoms with Crippen LogP contribution >= 0.6 is 0 Å². The lowest BCUT2D eigenvalue weighted by molar-refractivity contribution is -0.373. The summed E-state index contributed by atoms with van der Waals surface area (Å²) >= 11 is 0. The second-order valence-corrected chi connectivity index (χ2v) is 9.89. The lowest BCUT2D eigenvalue weighted by Crippen LogP contribution is -2.67. The molecule has 0 aliphatic carbocycles. The first-order chi connectivity index (χ1) is 18.7. The van der Waals surface area contributed by atoms with Crippen molar-refractivity contribution in [2.24, 2.45) is 5.73 Å². The van der Waals surface area contributed by atoms with Crippen molar-refractivity contribution in [1.82, 2.24) is 0 Å². The standard InChI is InChI=1S/C21H37NO18/c22-9-11(29)10(28)8(37-18(9)33)4-36-21(20(34)35)1-5(25)16(17(40-21)7(27)3-24)39-19-14(32)12(30)13(31)15(38-19)6(26)2-23/h5-19,23-33H,1-4,22H2,(H,34,35)/t5-,6+,7-,8-,9-,10-,11-,12+,13+,14+,15-,16-,17-,18?,19-,21-/m1/s1. The van der Waals surface area contributed by atoms with Crippen molar-refractivity contribution in [2.75, 3.05) is 19.8 Å². The fourth-order valence-corrected chi connectivity index (χ4v) is 4.69. The Hall–Kier alpha value is -1.21. The zero-order chi connectivity index (χ0) is 30.1. The topological polar surface area (TPSA) is 332 Å². The second-order valence-electron chi connectivity index (χ2n) is 9.89. The molecular weight excluding hydrogens is 554 g/mol. The van der Waals surface area contributed by atoms with Crippen molar-refractivity contribution in [3.63, 3.8) is 0 Å². The number of rotatable bonds is 10. The Labute approximate surface area is 226 Å². The van der Waals surface area contributed by atoms with Crippen molar-refractivity contribution in [1.29, 1.82) is 0 Å². The van der Waals surface area contributed by atoms with E-state index in [4.69, 9.17) is 29.4 Å².